The number of nitrogens with zero attached hydrogens (tertiary/aromatic N) is 2. The van der Waals surface area contributed by atoms with Crippen LogP contribution in [-0.4, -0.2) is 18.1 Å². The largest absolute Gasteiger partial charge is 0.396 e. The van der Waals surface area contributed by atoms with Gasteiger partial charge in [0.05, 0.1) is 22.0 Å². The first kappa shape index (κ1) is 11.7. The van der Waals surface area contributed by atoms with Crippen molar-refractivity contribution in [3.63, 3.8) is 0 Å². The fourth-order valence-corrected chi connectivity index (χ4v) is 2.71. The molecule has 88 valence electrons. The van der Waals surface area contributed by atoms with E-state index in [0.29, 0.717) is 5.41 Å². The molecule has 0 spiro atoms. The van der Waals surface area contributed by atoms with Crippen LogP contribution < -0.4 is 10.6 Å². The average molecular weight is 284 g/mol. The zero-order chi connectivity index (χ0) is 11.8. The highest BCUT2D eigenvalue weighted by molar-refractivity contribution is 9.10. The molecule has 4 heteroatoms. The van der Waals surface area contributed by atoms with Gasteiger partial charge >= 0.3 is 0 Å². The maximum atomic E-state index is 5.99. The highest BCUT2D eigenvalue weighted by Crippen LogP contribution is 2.37. The summed E-state index contributed by atoms with van der Waals surface area (Å²) >= 11 is 3.53. The van der Waals surface area contributed by atoms with Gasteiger partial charge in [-0.2, -0.15) is 0 Å². The number of nitrogens with two attached hydrogens (primary N) is 1. The number of aromatic nitrogens is 1. The molecule has 1 aromatic rings. The first-order chi connectivity index (χ1) is 7.49. The maximum Gasteiger partial charge on any atom is 0.0776 e. The molecule has 16 heavy (non-hydrogen) atoms. The molecule has 0 bridgehead atoms. The van der Waals surface area contributed by atoms with E-state index in [1.165, 1.54) is 12.8 Å². The van der Waals surface area contributed by atoms with Crippen LogP contribution in [0, 0.1) is 5.41 Å². The number of rotatable bonds is 1. The van der Waals surface area contributed by atoms with Crippen molar-refractivity contribution in [2.45, 2.75) is 26.7 Å². The van der Waals surface area contributed by atoms with Crippen molar-refractivity contribution >= 4 is 27.3 Å². The third kappa shape index (κ3) is 2.32. The molecule has 2 N–H and O–H groups in total. The van der Waals surface area contributed by atoms with Crippen LogP contribution >= 0.6 is 15.9 Å². The van der Waals surface area contributed by atoms with E-state index in [4.69, 9.17) is 5.73 Å². The van der Waals surface area contributed by atoms with E-state index in [1.807, 2.05) is 6.20 Å². The molecule has 2 heterocycles. The Bertz CT molecular complexity index is 360. The smallest absolute Gasteiger partial charge is 0.0776 e. The lowest BCUT2D eigenvalue weighted by molar-refractivity contribution is 0.280. The van der Waals surface area contributed by atoms with Crippen LogP contribution in [0.4, 0.5) is 11.4 Å². The molecule has 0 amide bonds. The summed E-state index contributed by atoms with van der Waals surface area (Å²) in [7, 11) is 0. The highest BCUT2D eigenvalue weighted by Gasteiger charge is 2.27. The number of anilines is 2. The topological polar surface area (TPSA) is 42.1 Å². The van der Waals surface area contributed by atoms with Crippen LogP contribution in [0.1, 0.15) is 26.7 Å². The fraction of sp³-hybridized carbons (Fsp3) is 0.583. The van der Waals surface area contributed by atoms with Crippen molar-refractivity contribution in [2.24, 2.45) is 5.41 Å². The molecule has 0 aliphatic carbocycles. The molecule has 1 fully saturated rings. The zero-order valence-electron chi connectivity index (χ0n) is 9.83. The van der Waals surface area contributed by atoms with E-state index >= 15 is 0 Å². The quantitative estimate of drug-likeness (QED) is 0.861. The van der Waals surface area contributed by atoms with Gasteiger partial charge in [-0.1, -0.05) is 13.8 Å². The second kappa shape index (κ2) is 4.24. The van der Waals surface area contributed by atoms with Gasteiger partial charge in [-0.3, -0.25) is 4.98 Å². The van der Waals surface area contributed by atoms with Crippen molar-refractivity contribution in [3.8, 4) is 0 Å². The van der Waals surface area contributed by atoms with E-state index in [1.54, 1.807) is 6.20 Å². The minimum Gasteiger partial charge on any atom is -0.396 e. The molecule has 0 atom stereocenters. The van der Waals surface area contributed by atoms with Gasteiger partial charge in [-0.25, -0.2) is 0 Å². The molecule has 0 aromatic carbocycles. The number of pyridine rings is 1. The maximum absolute atomic E-state index is 5.99. The van der Waals surface area contributed by atoms with Crippen LogP contribution in [0.25, 0.3) is 0 Å². The van der Waals surface area contributed by atoms with Gasteiger partial charge < -0.3 is 10.6 Å². The molecule has 1 aliphatic rings. The second-order valence-electron chi connectivity index (χ2n) is 5.21. The third-order valence-corrected chi connectivity index (χ3v) is 3.91. The number of piperidine rings is 1. The van der Waals surface area contributed by atoms with Gasteiger partial charge in [0.2, 0.25) is 0 Å². The molecular weight excluding hydrogens is 266 g/mol. The Labute approximate surface area is 105 Å². The Balaban J connectivity index is 2.20. The van der Waals surface area contributed by atoms with Crippen LogP contribution in [0.5, 0.6) is 0 Å². The summed E-state index contributed by atoms with van der Waals surface area (Å²) in [6.45, 7) is 6.80. The predicted octanol–water partition coefficient (Wildman–Crippen LogP) is 3.05. The normalized spacial score (nSPS) is 19.8. The minimum absolute atomic E-state index is 0.463. The zero-order valence-corrected chi connectivity index (χ0v) is 11.4. The Morgan fingerprint density at radius 3 is 2.50 bits per heavy atom. The molecular formula is C12H18BrN3. The summed E-state index contributed by atoms with van der Waals surface area (Å²) in [4.78, 5) is 6.42. The molecule has 3 nitrogen and oxygen atoms in total. The Morgan fingerprint density at radius 2 is 1.94 bits per heavy atom. The Kier molecular flexibility index (Phi) is 3.10. The molecule has 0 radical (unpaired) electrons. The number of hydrogen-bond donors (Lipinski definition) is 1. The average Bonchev–Trinajstić information content (AvgIpc) is 2.20. The van der Waals surface area contributed by atoms with Crippen molar-refractivity contribution < 1.29 is 0 Å². The van der Waals surface area contributed by atoms with Crippen LogP contribution in [-0.2, 0) is 0 Å². The molecule has 2 rings (SSSR count). The summed E-state index contributed by atoms with van der Waals surface area (Å²) in [6, 6.07) is 0. The number of halogens is 1. The van der Waals surface area contributed by atoms with Gasteiger partial charge in [0.25, 0.3) is 0 Å². The minimum atomic E-state index is 0.463. The molecule has 1 saturated heterocycles. The summed E-state index contributed by atoms with van der Waals surface area (Å²) in [6.07, 6.45) is 5.95. The van der Waals surface area contributed by atoms with E-state index < -0.39 is 0 Å². The number of hydrogen-bond acceptors (Lipinski definition) is 3. The summed E-state index contributed by atoms with van der Waals surface area (Å²) in [5, 5.41) is 0. The molecule has 1 aliphatic heterocycles. The van der Waals surface area contributed by atoms with Gasteiger partial charge in [0.15, 0.2) is 0 Å². The first-order valence-electron chi connectivity index (χ1n) is 5.63. The van der Waals surface area contributed by atoms with Gasteiger partial charge in [0.1, 0.15) is 0 Å². The van der Waals surface area contributed by atoms with Gasteiger partial charge in [-0.15, -0.1) is 0 Å². The lowest BCUT2D eigenvalue weighted by atomic mass is 9.82. The number of nitrogen functional groups attached to an aromatic ring is 1. The summed E-state index contributed by atoms with van der Waals surface area (Å²) in [5.41, 5.74) is 8.31. The lowest BCUT2D eigenvalue weighted by Crippen LogP contribution is -2.37. The summed E-state index contributed by atoms with van der Waals surface area (Å²) < 4.78 is 0.993. The van der Waals surface area contributed by atoms with Crippen LogP contribution in [0.3, 0.4) is 0 Å². The molecule has 0 unspecified atom stereocenters. The third-order valence-electron chi connectivity index (χ3n) is 3.33. The molecule has 0 saturated carbocycles. The second-order valence-corrected chi connectivity index (χ2v) is 6.06. The van der Waals surface area contributed by atoms with Crippen molar-refractivity contribution in [2.75, 3.05) is 23.7 Å². The van der Waals surface area contributed by atoms with E-state index in [-0.39, 0.29) is 0 Å². The monoisotopic (exact) mass is 283 g/mol. The predicted molar refractivity (Wildman–Crippen MR) is 71.6 cm³/mol. The van der Waals surface area contributed by atoms with Gasteiger partial charge in [-0.05, 0) is 34.2 Å². The standard InChI is InChI=1S/C12H18BrN3/c1-12(2)3-5-16(6-4-12)11-9(13)7-15-8-10(11)14/h7-8H,3-6,14H2,1-2H3. The van der Waals surface area contributed by atoms with E-state index in [0.717, 1.165) is 28.9 Å². The van der Waals surface area contributed by atoms with Crippen LogP contribution in [0.15, 0.2) is 16.9 Å². The Hall–Kier alpha value is -0.770. The van der Waals surface area contributed by atoms with Crippen molar-refractivity contribution in [3.05, 3.63) is 16.9 Å². The highest BCUT2D eigenvalue weighted by atomic mass is 79.9. The SMILES string of the molecule is CC1(C)CCN(c2c(N)cncc2Br)CC1. The Morgan fingerprint density at radius 1 is 1.31 bits per heavy atom. The fourth-order valence-electron chi connectivity index (χ4n) is 2.11. The van der Waals surface area contributed by atoms with Crippen LogP contribution in [0.2, 0.25) is 0 Å². The summed E-state index contributed by atoms with van der Waals surface area (Å²) in [5.74, 6) is 0. The lowest BCUT2D eigenvalue weighted by Gasteiger charge is -2.38. The van der Waals surface area contributed by atoms with E-state index in [9.17, 15) is 0 Å². The first-order valence-corrected chi connectivity index (χ1v) is 6.43. The van der Waals surface area contributed by atoms with E-state index in [2.05, 4.69) is 39.7 Å². The molecule has 1 aromatic heterocycles. The van der Waals surface area contributed by atoms with Crippen molar-refractivity contribution in [1.82, 2.24) is 4.98 Å². The van der Waals surface area contributed by atoms with Crippen molar-refractivity contribution in [1.29, 1.82) is 0 Å². The van der Waals surface area contributed by atoms with Gasteiger partial charge in [0, 0.05) is 19.3 Å².